The van der Waals surface area contributed by atoms with Crippen LogP contribution in [0.15, 0.2) is 18.2 Å². The number of halogens is 2. The maximum atomic E-state index is 13.4. The second-order valence-electron chi connectivity index (χ2n) is 3.61. The first-order valence-corrected chi connectivity index (χ1v) is 4.77. The topological polar surface area (TPSA) is 44.1 Å². The van der Waals surface area contributed by atoms with Gasteiger partial charge < -0.3 is 4.90 Å². The summed E-state index contributed by atoms with van der Waals surface area (Å²) in [5.74, 6) is -2.84. The fourth-order valence-corrected chi connectivity index (χ4v) is 1.73. The summed E-state index contributed by atoms with van der Waals surface area (Å²) in [4.78, 5) is 12.6. The Hall–Kier alpha value is -1.96. The first kappa shape index (κ1) is 10.6. The molecule has 2 rings (SSSR count). The number of amides is 1. The average Bonchev–Trinajstić information content (AvgIpc) is 2.64. The Kier molecular flexibility index (Phi) is 2.57. The predicted octanol–water partition coefficient (Wildman–Crippen LogP) is 1.84. The van der Waals surface area contributed by atoms with Gasteiger partial charge in [0.15, 0.2) is 11.6 Å². The lowest BCUT2D eigenvalue weighted by Crippen LogP contribution is -2.25. The van der Waals surface area contributed by atoms with Crippen molar-refractivity contribution in [3.05, 3.63) is 29.8 Å². The van der Waals surface area contributed by atoms with Crippen LogP contribution in [0.2, 0.25) is 0 Å². The first-order chi connectivity index (χ1) is 7.63. The molecule has 1 heterocycles. The van der Waals surface area contributed by atoms with Gasteiger partial charge in [-0.2, -0.15) is 5.26 Å². The zero-order chi connectivity index (χ0) is 11.7. The van der Waals surface area contributed by atoms with Gasteiger partial charge in [-0.25, -0.2) is 8.78 Å². The van der Waals surface area contributed by atoms with Gasteiger partial charge in [0.05, 0.1) is 17.7 Å². The van der Waals surface area contributed by atoms with E-state index in [2.05, 4.69) is 0 Å². The van der Waals surface area contributed by atoms with Gasteiger partial charge in [-0.3, -0.25) is 4.79 Å². The van der Waals surface area contributed by atoms with Gasteiger partial charge >= 0.3 is 0 Å². The van der Waals surface area contributed by atoms with Crippen molar-refractivity contribution in [1.29, 1.82) is 5.26 Å². The Morgan fingerprint density at radius 2 is 2.19 bits per heavy atom. The van der Waals surface area contributed by atoms with E-state index in [1.807, 2.05) is 6.07 Å². The Morgan fingerprint density at radius 1 is 1.44 bits per heavy atom. The summed E-state index contributed by atoms with van der Waals surface area (Å²) in [6.45, 7) is 0.121. The molecule has 0 aromatic heterocycles. The third-order valence-electron chi connectivity index (χ3n) is 2.53. The number of rotatable bonds is 1. The van der Waals surface area contributed by atoms with Crippen LogP contribution in [0.1, 0.15) is 6.42 Å². The second-order valence-corrected chi connectivity index (χ2v) is 3.61. The highest BCUT2D eigenvalue weighted by Gasteiger charge is 2.32. The van der Waals surface area contributed by atoms with E-state index in [1.165, 1.54) is 12.1 Å². The lowest BCUT2D eigenvalue weighted by Gasteiger charge is -2.16. The highest BCUT2D eigenvalue weighted by molar-refractivity contribution is 5.96. The molecule has 3 nitrogen and oxygen atoms in total. The van der Waals surface area contributed by atoms with Crippen molar-refractivity contribution >= 4 is 11.6 Å². The number of nitrogens with zero attached hydrogens (tertiary/aromatic N) is 2. The summed E-state index contributed by atoms with van der Waals surface area (Å²) < 4.78 is 26.4. The largest absolute Gasteiger partial charge is 0.308 e. The minimum atomic E-state index is -1.05. The van der Waals surface area contributed by atoms with Crippen molar-refractivity contribution in [2.45, 2.75) is 6.42 Å². The molecule has 1 atom stereocenters. The summed E-state index contributed by atoms with van der Waals surface area (Å²) in [7, 11) is 0. The summed E-state index contributed by atoms with van der Waals surface area (Å²) in [5, 5.41) is 8.68. The van der Waals surface area contributed by atoms with Gasteiger partial charge in [0, 0.05) is 13.0 Å². The van der Waals surface area contributed by atoms with Crippen LogP contribution >= 0.6 is 0 Å². The first-order valence-electron chi connectivity index (χ1n) is 4.77. The molecule has 0 aliphatic carbocycles. The fourth-order valence-electron chi connectivity index (χ4n) is 1.73. The quantitative estimate of drug-likeness (QED) is 0.727. The summed E-state index contributed by atoms with van der Waals surface area (Å²) >= 11 is 0. The third-order valence-corrected chi connectivity index (χ3v) is 2.53. The zero-order valence-electron chi connectivity index (χ0n) is 8.28. The van der Waals surface area contributed by atoms with Gasteiger partial charge in [-0.1, -0.05) is 6.07 Å². The van der Waals surface area contributed by atoms with Crippen molar-refractivity contribution in [3.63, 3.8) is 0 Å². The molecular weight excluding hydrogens is 214 g/mol. The van der Waals surface area contributed by atoms with Gasteiger partial charge in [0.2, 0.25) is 5.91 Å². The molecule has 1 saturated heterocycles. The van der Waals surface area contributed by atoms with Gasteiger partial charge in [-0.05, 0) is 12.1 Å². The highest BCUT2D eigenvalue weighted by atomic mass is 19.2. The Labute approximate surface area is 90.9 Å². The van der Waals surface area contributed by atoms with Crippen molar-refractivity contribution in [1.82, 2.24) is 0 Å². The van der Waals surface area contributed by atoms with E-state index in [9.17, 15) is 13.6 Å². The maximum absolute atomic E-state index is 13.4. The fraction of sp³-hybridized carbons (Fsp3) is 0.273. The van der Waals surface area contributed by atoms with Crippen LogP contribution in [0.3, 0.4) is 0 Å². The van der Waals surface area contributed by atoms with E-state index in [0.29, 0.717) is 0 Å². The smallest absolute Gasteiger partial charge is 0.228 e. The van der Waals surface area contributed by atoms with Crippen LogP contribution in [0.25, 0.3) is 0 Å². The Bertz CT molecular complexity index is 481. The number of anilines is 1. The van der Waals surface area contributed by atoms with Crippen molar-refractivity contribution in [3.8, 4) is 6.07 Å². The standard InChI is InChI=1S/C11H8F2N2O/c12-8-2-1-3-9(11(8)13)15-6-7(5-14)4-10(15)16/h1-3,7H,4,6H2. The number of carbonyl (C=O) groups excluding carboxylic acids is 1. The maximum Gasteiger partial charge on any atom is 0.228 e. The van der Waals surface area contributed by atoms with Crippen LogP contribution in [0.5, 0.6) is 0 Å². The van der Waals surface area contributed by atoms with E-state index in [1.54, 1.807) is 0 Å². The van der Waals surface area contributed by atoms with Crippen LogP contribution in [0.4, 0.5) is 14.5 Å². The molecule has 1 fully saturated rings. The molecule has 0 bridgehead atoms. The molecule has 1 aliphatic heterocycles. The van der Waals surface area contributed by atoms with Crippen LogP contribution in [-0.2, 0) is 4.79 Å². The zero-order valence-corrected chi connectivity index (χ0v) is 8.28. The third kappa shape index (κ3) is 1.63. The lowest BCUT2D eigenvalue weighted by atomic mass is 10.1. The number of hydrogen-bond donors (Lipinski definition) is 0. The molecule has 1 aliphatic rings. The normalized spacial score (nSPS) is 19.9. The van der Waals surface area contributed by atoms with E-state index in [-0.39, 0.29) is 24.6 Å². The van der Waals surface area contributed by atoms with Crippen molar-refractivity contribution in [2.24, 2.45) is 5.92 Å². The van der Waals surface area contributed by atoms with E-state index in [4.69, 9.17) is 5.26 Å². The predicted molar refractivity (Wildman–Crippen MR) is 52.4 cm³/mol. The van der Waals surface area contributed by atoms with Crippen LogP contribution in [0, 0.1) is 28.9 Å². The molecule has 82 valence electrons. The number of carbonyl (C=O) groups is 1. The molecule has 0 N–H and O–H groups in total. The SMILES string of the molecule is N#CC1CC(=O)N(c2cccc(F)c2F)C1. The number of benzene rings is 1. The second kappa shape index (κ2) is 3.89. The summed E-state index contributed by atoms with van der Waals surface area (Å²) in [6.07, 6.45) is 0.0620. The molecule has 0 spiro atoms. The highest BCUT2D eigenvalue weighted by Crippen LogP contribution is 2.27. The molecule has 1 aromatic rings. The Balaban J connectivity index is 2.36. The molecule has 5 heteroatoms. The van der Waals surface area contributed by atoms with E-state index < -0.39 is 17.6 Å². The molecular formula is C11H8F2N2O. The van der Waals surface area contributed by atoms with Crippen molar-refractivity contribution in [2.75, 3.05) is 11.4 Å². The monoisotopic (exact) mass is 222 g/mol. The lowest BCUT2D eigenvalue weighted by molar-refractivity contribution is -0.117. The van der Waals surface area contributed by atoms with E-state index in [0.717, 1.165) is 11.0 Å². The van der Waals surface area contributed by atoms with Gasteiger partial charge in [-0.15, -0.1) is 0 Å². The molecule has 1 aromatic carbocycles. The average molecular weight is 222 g/mol. The minimum Gasteiger partial charge on any atom is -0.308 e. The van der Waals surface area contributed by atoms with Crippen LogP contribution < -0.4 is 4.90 Å². The minimum absolute atomic E-state index is 0.0620. The Morgan fingerprint density at radius 3 is 2.81 bits per heavy atom. The molecule has 0 radical (unpaired) electrons. The number of nitriles is 1. The van der Waals surface area contributed by atoms with Gasteiger partial charge in [0.25, 0.3) is 0 Å². The summed E-state index contributed by atoms with van der Waals surface area (Å²) in [5.41, 5.74) is -0.0947. The number of hydrogen-bond acceptors (Lipinski definition) is 2. The van der Waals surface area contributed by atoms with Gasteiger partial charge in [0.1, 0.15) is 0 Å². The summed E-state index contributed by atoms with van der Waals surface area (Å²) in [6, 6.07) is 5.60. The van der Waals surface area contributed by atoms with Crippen LogP contribution in [-0.4, -0.2) is 12.5 Å². The van der Waals surface area contributed by atoms with E-state index >= 15 is 0 Å². The van der Waals surface area contributed by atoms with Crippen molar-refractivity contribution < 1.29 is 13.6 Å². The molecule has 0 saturated carbocycles. The molecule has 16 heavy (non-hydrogen) atoms. The molecule has 1 amide bonds. The molecule has 1 unspecified atom stereocenters.